The van der Waals surface area contributed by atoms with E-state index in [1.165, 1.54) is 17.2 Å². The van der Waals surface area contributed by atoms with Crippen LogP contribution >= 0.6 is 0 Å². The normalized spacial score (nSPS) is 10.5. The largest absolute Gasteiger partial charge is 0.256 e. The molecule has 0 amide bonds. The van der Waals surface area contributed by atoms with Gasteiger partial charge >= 0.3 is 0 Å². The molecule has 0 saturated heterocycles. The van der Waals surface area contributed by atoms with Gasteiger partial charge < -0.3 is 0 Å². The maximum absolute atomic E-state index is 13.1. The topological polar surface area (TPSA) is 12.9 Å². The van der Waals surface area contributed by atoms with Crippen molar-refractivity contribution in [3.05, 3.63) is 53.0 Å². The highest BCUT2D eigenvalue weighted by Gasteiger charge is 2.04. The first-order valence-electron chi connectivity index (χ1n) is 5.27. The first-order chi connectivity index (χ1) is 7.58. The van der Waals surface area contributed by atoms with Crippen LogP contribution in [0.5, 0.6) is 0 Å². The van der Waals surface area contributed by atoms with E-state index in [-0.39, 0.29) is 5.82 Å². The molecule has 0 bridgehead atoms. The number of halogens is 1. The average molecular weight is 215 g/mol. The Morgan fingerprint density at radius 1 is 0.938 bits per heavy atom. The van der Waals surface area contributed by atoms with Gasteiger partial charge in [-0.25, -0.2) is 4.39 Å². The lowest BCUT2D eigenvalue weighted by molar-refractivity contribution is 0.619. The number of aryl methyl sites for hydroxylation is 3. The zero-order chi connectivity index (χ0) is 11.7. The molecule has 0 unspecified atom stereocenters. The second-order valence-corrected chi connectivity index (χ2v) is 4.12. The molecule has 0 saturated carbocycles. The van der Waals surface area contributed by atoms with Crippen molar-refractivity contribution in [2.24, 2.45) is 0 Å². The summed E-state index contributed by atoms with van der Waals surface area (Å²) in [7, 11) is 0. The predicted molar refractivity (Wildman–Crippen MR) is 63.8 cm³/mol. The quantitative estimate of drug-likeness (QED) is 0.704. The lowest BCUT2D eigenvalue weighted by atomic mass is 10.1. The van der Waals surface area contributed by atoms with Crippen molar-refractivity contribution in [1.82, 2.24) is 4.98 Å². The number of nitrogens with zero attached hydrogens (tertiary/aromatic N) is 1. The van der Waals surface area contributed by atoms with Crippen molar-refractivity contribution in [2.75, 3.05) is 0 Å². The summed E-state index contributed by atoms with van der Waals surface area (Å²) in [6, 6.07) is 7.11. The number of rotatable bonds is 1. The summed E-state index contributed by atoms with van der Waals surface area (Å²) < 4.78 is 13.1. The van der Waals surface area contributed by atoms with Gasteiger partial charge in [0.15, 0.2) is 0 Å². The van der Waals surface area contributed by atoms with Gasteiger partial charge in [-0.2, -0.15) is 0 Å². The fourth-order valence-electron chi connectivity index (χ4n) is 1.59. The molecular weight excluding hydrogens is 201 g/mol. The monoisotopic (exact) mass is 215 g/mol. The molecule has 0 atom stereocenters. The molecule has 16 heavy (non-hydrogen) atoms. The number of aromatic nitrogens is 1. The van der Waals surface area contributed by atoms with Crippen LogP contribution in [0, 0.1) is 26.6 Å². The summed E-state index contributed by atoms with van der Waals surface area (Å²) in [4.78, 5) is 4.36. The predicted octanol–water partition coefficient (Wildman–Crippen LogP) is 3.81. The van der Waals surface area contributed by atoms with Crippen molar-refractivity contribution in [3.8, 4) is 11.3 Å². The molecule has 1 heterocycles. The van der Waals surface area contributed by atoms with E-state index in [1.54, 1.807) is 13.0 Å². The number of pyridine rings is 1. The van der Waals surface area contributed by atoms with Gasteiger partial charge in [-0.05, 0) is 61.7 Å². The van der Waals surface area contributed by atoms with Crippen LogP contribution in [0.1, 0.15) is 16.7 Å². The van der Waals surface area contributed by atoms with Gasteiger partial charge in [0.1, 0.15) is 5.82 Å². The first kappa shape index (κ1) is 10.8. The van der Waals surface area contributed by atoms with Crippen LogP contribution < -0.4 is 0 Å². The molecule has 82 valence electrons. The van der Waals surface area contributed by atoms with Crippen LogP contribution in [0.4, 0.5) is 4.39 Å². The molecule has 2 rings (SSSR count). The lowest BCUT2D eigenvalue weighted by Crippen LogP contribution is -1.90. The fraction of sp³-hybridized carbons (Fsp3) is 0.214. The summed E-state index contributed by atoms with van der Waals surface area (Å²) >= 11 is 0. The third kappa shape index (κ3) is 1.96. The van der Waals surface area contributed by atoms with E-state index in [4.69, 9.17) is 0 Å². The van der Waals surface area contributed by atoms with E-state index < -0.39 is 0 Å². The molecule has 0 N–H and O–H groups in total. The van der Waals surface area contributed by atoms with Gasteiger partial charge in [-0.3, -0.25) is 4.98 Å². The third-order valence-corrected chi connectivity index (χ3v) is 2.83. The number of hydrogen-bond donors (Lipinski definition) is 0. The van der Waals surface area contributed by atoms with Crippen molar-refractivity contribution >= 4 is 0 Å². The molecule has 2 aromatic rings. The highest BCUT2D eigenvalue weighted by Crippen LogP contribution is 2.21. The molecule has 0 aliphatic rings. The summed E-state index contributed by atoms with van der Waals surface area (Å²) in [6.07, 6.45) is 1.85. The molecule has 0 aliphatic carbocycles. The summed E-state index contributed by atoms with van der Waals surface area (Å²) in [5.41, 5.74) is 4.88. The summed E-state index contributed by atoms with van der Waals surface area (Å²) in [5.74, 6) is -0.174. The highest BCUT2D eigenvalue weighted by atomic mass is 19.1. The van der Waals surface area contributed by atoms with Gasteiger partial charge in [-0.15, -0.1) is 0 Å². The van der Waals surface area contributed by atoms with E-state index in [0.717, 1.165) is 11.3 Å². The van der Waals surface area contributed by atoms with Crippen molar-refractivity contribution < 1.29 is 4.39 Å². The Balaban J connectivity index is 2.50. The van der Waals surface area contributed by atoms with Crippen LogP contribution in [-0.2, 0) is 0 Å². The van der Waals surface area contributed by atoms with Gasteiger partial charge in [0.25, 0.3) is 0 Å². The molecule has 0 aliphatic heterocycles. The van der Waals surface area contributed by atoms with E-state index in [9.17, 15) is 4.39 Å². The molecular formula is C14H14FN. The third-order valence-electron chi connectivity index (χ3n) is 2.83. The molecule has 0 radical (unpaired) electrons. The van der Waals surface area contributed by atoms with Gasteiger partial charge in [0.2, 0.25) is 0 Å². The van der Waals surface area contributed by atoms with Crippen LogP contribution in [0.2, 0.25) is 0 Å². The Hall–Kier alpha value is -1.70. The van der Waals surface area contributed by atoms with Gasteiger partial charge in [0, 0.05) is 11.8 Å². The Morgan fingerprint density at radius 2 is 1.69 bits per heavy atom. The maximum atomic E-state index is 13.1. The zero-order valence-electron chi connectivity index (χ0n) is 9.71. The van der Waals surface area contributed by atoms with Gasteiger partial charge in [-0.1, -0.05) is 0 Å². The van der Waals surface area contributed by atoms with Crippen molar-refractivity contribution in [1.29, 1.82) is 0 Å². The second kappa shape index (κ2) is 4.05. The average Bonchev–Trinajstić information content (AvgIpc) is 2.26. The van der Waals surface area contributed by atoms with Crippen molar-refractivity contribution in [3.63, 3.8) is 0 Å². The van der Waals surface area contributed by atoms with E-state index in [0.29, 0.717) is 5.56 Å². The molecule has 2 heteroatoms. The Bertz CT molecular complexity index is 483. The first-order valence-corrected chi connectivity index (χ1v) is 5.27. The van der Waals surface area contributed by atoms with Crippen LogP contribution in [-0.4, -0.2) is 4.98 Å². The van der Waals surface area contributed by atoms with Gasteiger partial charge in [0.05, 0.1) is 5.69 Å². The van der Waals surface area contributed by atoms with Crippen molar-refractivity contribution in [2.45, 2.75) is 20.8 Å². The molecule has 0 fully saturated rings. The number of benzene rings is 1. The molecule has 1 nitrogen and oxygen atoms in total. The van der Waals surface area contributed by atoms with E-state index in [2.05, 4.69) is 11.9 Å². The SMILES string of the molecule is Cc1cnc(-c2ccc(F)c(C)c2)cc1C. The Labute approximate surface area is 95.0 Å². The lowest BCUT2D eigenvalue weighted by Gasteiger charge is -2.05. The molecule has 0 spiro atoms. The fourth-order valence-corrected chi connectivity index (χ4v) is 1.59. The minimum Gasteiger partial charge on any atom is -0.256 e. The molecule has 1 aromatic heterocycles. The Morgan fingerprint density at radius 3 is 2.31 bits per heavy atom. The van der Waals surface area contributed by atoms with Crippen LogP contribution in [0.15, 0.2) is 30.5 Å². The summed E-state index contributed by atoms with van der Waals surface area (Å²) in [5, 5.41) is 0. The van der Waals surface area contributed by atoms with Crippen LogP contribution in [0.3, 0.4) is 0 Å². The standard InChI is InChI=1S/C14H14FN/c1-9-7-14(16-8-11(9)3)12-4-5-13(15)10(2)6-12/h4-8H,1-3H3. The van der Waals surface area contributed by atoms with E-state index >= 15 is 0 Å². The zero-order valence-corrected chi connectivity index (χ0v) is 9.71. The minimum absolute atomic E-state index is 0.174. The maximum Gasteiger partial charge on any atom is 0.126 e. The second-order valence-electron chi connectivity index (χ2n) is 4.12. The smallest absolute Gasteiger partial charge is 0.126 e. The Kier molecular flexibility index (Phi) is 2.73. The molecule has 1 aromatic carbocycles. The number of hydrogen-bond acceptors (Lipinski definition) is 1. The highest BCUT2D eigenvalue weighted by molar-refractivity contribution is 5.61. The van der Waals surface area contributed by atoms with E-state index in [1.807, 2.05) is 25.3 Å². The van der Waals surface area contributed by atoms with Crippen LogP contribution in [0.25, 0.3) is 11.3 Å². The summed E-state index contributed by atoms with van der Waals surface area (Å²) in [6.45, 7) is 5.85. The minimum atomic E-state index is -0.174.